The van der Waals surface area contributed by atoms with Crippen LogP contribution in [-0.4, -0.2) is 24.7 Å². The summed E-state index contributed by atoms with van der Waals surface area (Å²) in [5.41, 5.74) is 8.92. The Balaban J connectivity index is 1.74. The van der Waals surface area contributed by atoms with Crippen molar-refractivity contribution >= 4 is 16.9 Å². The fourth-order valence-electron chi connectivity index (χ4n) is 2.48. The lowest BCUT2D eigenvalue weighted by molar-refractivity contribution is 0.569. The van der Waals surface area contributed by atoms with Gasteiger partial charge in [-0.25, -0.2) is 15.0 Å². The van der Waals surface area contributed by atoms with E-state index < -0.39 is 0 Å². The molecule has 0 bridgehead atoms. The molecule has 0 aliphatic heterocycles. The third-order valence-corrected chi connectivity index (χ3v) is 3.51. The van der Waals surface area contributed by atoms with Gasteiger partial charge in [-0.05, 0) is 12.5 Å². The minimum absolute atomic E-state index is 0.326. The highest BCUT2D eigenvalue weighted by Gasteiger charge is 2.13. The molecule has 0 amide bonds. The highest BCUT2D eigenvalue weighted by Crippen LogP contribution is 2.21. The first-order valence-electron chi connectivity index (χ1n) is 7.15. The second-order valence-corrected chi connectivity index (χ2v) is 5.32. The van der Waals surface area contributed by atoms with Gasteiger partial charge >= 0.3 is 0 Å². The van der Waals surface area contributed by atoms with Crippen LogP contribution in [0, 0.1) is 6.92 Å². The number of hydrogen-bond acceptors (Lipinski definition) is 6. The largest absolute Gasteiger partial charge is 0.442 e. The summed E-state index contributed by atoms with van der Waals surface area (Å²) in [4.78, 5) is 12.7. The maximum Gasteiger partial charge on any atom is 0.264 e. The lowest BCUT2D eigenvalue weighted by atomic mass is 10.1. The van der Waals surface area contributed by atoms with Crippen LogP contribution in [0.4, 0.5) is 5.82 Å². The zero-order valence-electron chi connectivity index (χ0n) is 12.5. The Kier molecular flexibility index (Phi) is 3.04. The number of benzene rings is 1. The number of fused-ring (bicyclic) bond motifs is 1. The predicted octanol–water partition coefficient (Wildman–Crippen LogP) is 2.42. The molecule has 1 aromatic carbocycles. The molecule has 7 nitrogen and oxygen atoms in total. The molecule has 23 heavy (non-hydrogen) atoms. The summed E-state index contributed by atoms with van der Waals surface area (Å²) in [6.07, 6.45) is 4.86. The minimum atomic E-state index is 0.326. The summed E-state index contributed by atoms with van der Waals surface area (Å²) in [7, 11) is 0. The van der Waals surface area contributed by atoms with Gasteiger partial charge in [-0.1, -0.05) is 29.8 Å². The van der Waals surface area contributed by atoms with Crippen molar-refractivity contribution in [1.82, 2.24) is 24.7 Å². The summed E-state index contributed by atoms with van der Waals surface area (Å²) in [5.74, 6) is 1.02. The summed E-state index contributed by atoms with van der Waals surface area (Å²) in [6.45, 7) is 2.71. The first kappa shape index (κ1) is 13.4. The van der Waals surface area contributed by atoms with E-state index in [-0.39, 0.29) is 0 Å². The highest BCUT2D eigenvalue weighted by molar-refractivity contribution is 5.86. The Morgan fingerprint density at radius 3 is 2.96 bits per heavy atom. The van der Waals surface area contributed by atoms with Crippen LogP contribution in [0.2, 0.25) is 0 Å². The van der Waals surface area contributed by atoms with Crippen LogP contribution in [-0.2, 0) is 6.54 Å². The summed E-state index contributed by atoms with van der Waals surface area (Å²) < 4.78 is 7.02. The molecule has 4 rings (SSSR count). The summed E-state index contributed by atoms with van der Waals surface area (Å²) in [6, 6.07) is 8.28. The average Bonchev–Trinajstić information content (AvgIpc) is 3.16. The average molecular weight is 306 g/mol. The topological polar surface area (TPSA) is 95.7 Å². The third-order valence-electron chi connectivity index (χ3n) is 3.51. The van der Waals surface area contributed by atoms with Gasteiger partial charge in [0, 0.05) is 6.20 Å². The SMILES string of the molecule is Cc1cccc(Cn2cc3c(N)nc(-c4ncco4)nc3n2)c1. The number of hydrogen-bond donors (Lipinski definition) is 1. The first-order chi connectivity index (χ1) is 11.2. The van der Waals surface area contributed by atoms with Crippen LogP contribution in [0.5, 0.6) is 0 Å². The van der Waals surface area contributed by atoms with Crippen LogP contribution in [0.1, 0.15) is 11.1 Å². The number of anilines is 1. The van der Waals surface area contributed by atoms with E-state index in [1.807, 2.05) is 16.9 Å². The number of aromatic nitrogens is 5. The van der Waals surface area contributed by atoms with Crippen LogP contribution in [0.25, 0.3) is 22.7 Å². The van der Waals surface area contributed by atoms with Gasteiger partial charge in [-0.2, -0.15) is 5.10 Å². The molecular weight excluding hydrogens is 292 g/mol. The molecule has 7 heteroatoms. The molecule has 0 saturated heterocycles. The Morgan fingerprint density at radius 2 is 2.17 bits per heavy atom. The van der Waals surface area contributed by atoms with Gasteiger partial charge in [0.15, 0.2) is 5.65 Å². The Morgan fingerprint density at radius 1 is 1.26 bits per heavy atom. The zero-order chi connectivity index (χ0) is 15.8. The number of rotatable bonds is 3. The van der Waals surface area contributed by atoms with Crippen molar-refractivity contribution in [3.8, 4) is 11.7 Å². The van der Waals surface area contributed by atoms with E-state index >= 15 is 0 Å². The maximum atomic E-state index is 6.02. The van der Waals surface area contributed by atoms with E-state index in [1.165, 1.54) is 18.0 Å². The van der Waals surface area contributed by atoms with E-state index in [9.17, 15) is 0 Å². The fourth-order valence-corrected chi connectivity index (χ4v) is 2.48. The first-order valence-corrected chi connectivity index (χ1v) is 7.15. The van der Waals surface area contributed by atoms with Gasteiger partial charge in [0.2, 0.25) is 5.82 Å². The van der Waals surface area contributed by atoms with Gasteiger partial charge in [0.05, 0.1) is 18.1 Å². The molecule has 0 aliphatic carbocycles. The van der Waals surface area contributed by atoms with Gasteiger partial charge < -0.3 is 10.2 Å². The van der Waals surface area contributed by atoms with Crippen molar-refractivity contribution in [1.29, 1.82) is 0 Å². The molecule has 0 radical (unpaired) electrons. The number of nitrogens with zero attached hydrogens (tertiary/aromatic N) is 5. The molecule has 0 atom stereocenters. The van der Waals surface area contributed by atoms with Crippen molar-refractivity contribution in [2.75, 3.05) is 5.73 Å². The van der Waals surface area contributed by atoms with Crippen molar-refractivity contribution in [3.05, 3.63) is 54.0 Å². The minimum Gasteiger partial charge on any atom is -0.442 e. The van der Waals surface area contributed by atoms with E-state index in [2.05, 4.69) is 45.2 Å². The Labute approximate surface area is 131 Å². The molecular formula is C16H14N6O. The van der Waals surface area contributed by atoms with Crippen molar-refractivity contribution in [3.63, 3.8) is 0 Å². The van der Waals surface area contributed by atoms with Crippen LogP contribution < -0.4 is 5.73 Å². The van der Waals surface area contributed by atoms with Crippen LogP contribution >= 0.6 is 0 Å². The molecule has 4 aromatic rings. The van der Waals surface area contributed by atoms with Crippen LogP contribution in [0.3, 0.4) is 0 Å². The number of oxazole rings is 1. The van der Waals surface area contributed by atoms with Gasteiger partial charge in [0.25, 0.3) is 5.89 Å². The van der Waals surface area contributed by atoms with Gasteiger partial charge in [-0.3, -0.25) is 4.68 Å². The molecule has 3 heterocycles. The monoisotopic (exact) mass is 306 g/mol. The molecule has 114 valence electrons. The van der Waals surface area contributed by atoms with Gasteiger partial charge in [-0.15, -0.1) is 0 Å². The normalized spacial score (nSPS) is 11.2. The van der Waals surface area contributed by atoms with Crippen molar-refractivity contribution < 1.29 is 4.42 Å². The quantitative estimate of drug-likeness (QED) is 0.624. The second kappa shape index (κ2) is 5.20. The number of nitrogen functional groups attached to an aromatic ring is 1. The number of aryl methyl sites for hydroxylation is 1. The lowest BCUT2D eigenvalue weighted by Gasteiger charge is -2.02. The van der Waals surface area contributed by atoms with Crippen molar-refractivity contribution in [2.24, 2.45) is 0 Å². The highest BCUT2D eigenvalue weighted by atomic mass is 16.3. The van der Waals surface area contributed by atoms with E-state index in [0.717, 1.165) is 5.56 Å². The second-order valence-electron chi connectivity index (χ2n) is 5.32. The Hall–Kier alpha value is -3.22. The molecule has 0 saturated carbocycles. The van der Waals surface area contributed by atoms with E-state index in [1.54, 1.807) is 0 Å². The molecule has 3 aromatic heterocycles. The molecule has 0 spiro atoms. The summed E-state index contributed by atoms with van der Waals surface area (Å²) in [5, 5.41) is 5.20. The smallest absolute Gasteiger partial charge is 0.264 e. The molecule has 2 N–H and O–H groups in total. The fraction of sp³-hybridized carbons (Fsp3) is 0.125. The van der Waals surface area contributed by atoms with Gasteiger partial charge in [0.1, 0.15) is 12.1 Å². The number of nitrogens with two attached hydrogens (primary N) is 1. The maximum absolute atomic E-state index is 6.02. The third kappa shape index (κ3) is 2.52. The van der Waals surface area contributed by atoms with Crippen LogP contribution in [0.15, 0.2) is 47.3 Å². The van der Waals surface area contributed by atoms with E-state index in [0.29, 0.717) is 35.1 Å². The molecule has 0 aliphatic rings. The molecule has 0 unspecified atom stereocenters. The molecule has 0 fully saturated rings. The standard InChI is InChI=1S/C16H14N6O/c1-10-3-2-4-11(7-10)8-22-9-12-13(17)19-15(20-14(12)21-22)16-18-5-6-23-16/h2-7,9H,8H2,1H3,(H2,17,19,20,21). The zero-order valence-corrected chi connectivity index (χ0v) is 12.5. The Bertz CT molecular complexity index is 974. The predicted molar refractivity (Wildman–Crippen MR) is 85.5 cm³/mol. The lowest BCUT2D eigenvalue weighted by Crippen LogP contribution is -2.00. The van der Waals surface area contributed by atoms with Crippen molar-refractivity contribution in [2.45, 2.75) is 13.5 Å². The van der Waals surface area contributed by atoms with E-state index in [4.69, 9.17) is 10.2 Å². The summed E-state index contributed by atoms with van der Waals surface area (Å²) >= 11 is 0.